The molecule has 9 heteroatoms. The third kappa shape index (κ3) is 5.13. The zero-order chi connectivity index (χ0) is 20.8. The first-order valence-electron chi connectivity index (χ1n) is 9.49. The summed E-state index contributed by atoms with van der Waals surface area (Å²) in [5, 5.41) is 13.1. The number of carbonyl (C=O) groups excluding carboxylic acids is 2. The molecule has 1 aliphatic rings. The number of piperazine rings is 1. The van der Waals surface area contributed by atoms with Crippen LogP contribution in [0.4, 0.5) is 0 Å². The average Bonchev–Trinajstić information content (AvgIpc) is 3.05. The Labute approximate surface area is 169 Å². The molecule has 29 heavy (non-hydrogen) atoms. The number of aromatic nitrogens is 1. The summed E-state index contributed by atoms with van der Waals surface area (Å²) in [5.74, 6) is 1.19. The molecule has 0 spiro atoms. The van der Waals surface area contributed by atoms with Gasteiger partial charge in [0.1, 0.15) is 5.76 Å². The molecule has 0 atom stereocenters. The summed E-state index contributed by atoms with van der Waals surface area (Å²) in [4.78, 5) is 29.8. The van der Waals surface area contributed by atoms with Crippen LogP contribution < -0.4 is 16.0 Å². The molecule has 1 saturated heterocycles. The summed E-state index contributed by atoms with van der Waals surface area (Å²) in [6.07, 6.45) is 0. The molecule has 0 radical (unpaired) electrons. The Hall–Kier alpha value is -3.36. The zero-order valence-corrected chi connectivity index (χ0v) is 16.9. The van der Waals surface area contributed by atoms with Crippen molar-refractivity contribution >= 4 is 17.8 Å². The van der Waals surface area contributed by atoms with Crippen molar-refractivity contribution in [2.45, 2.75) is 26.9 Å². The number of aliphatic imine (C=N–C) groups is 1. The molecule has 154 valence electrons. The second-order valence-corrected chi connectivity index (χ2v) is 6.86. The molecule has 3 N–H and O–H groups in total. The van der Waals surface area contributed by atoms with Crippen molar-refractivity contribution < 1.29 is 14.1 Å². The van der Waals surface area contributed by atoms with Crippen molar-refractivity contribution in [3.05, 3.63) is 52.4 Å². The Morgan fingerprint density at radius 1 is 1.24 bits per heavy atom. The second-order valence-electron chi connectivity index (χ2n) is 6.86. The lowest BCUT2D eigenvalue weighted by molar-refractivity contribution is -0.123. The smallest absolute Gasteiger partial charge is 0.254 e. The van der Waals surface area contributed by atoms with Gasteiger partial charge in [0.2, 0.25) is 5.91 Å². The predicted octanol–water partition coefficient (Wildman–Crippen LogP) is 0.729. The van der Waals surface area contributed by atoms with E-state index in [1.165, 1.54) is 0 Å². The van der Waals surface area contributed by atoms with Gasteiger partial charge in [-0.3, -0.25) is 14.6 Å². The van der Waals surface area contributed by atoms with Crippen molar-refractivity contribution in [2.24, 2.45) is 4.99 Å². The first-order valence-corrected chi connectivity index (χ1v) is 9.49. The molecule has 1 aromatic heterocycles. The van der Waals surface area contributed by atoms with Crippen molar-refractivity contribution in [1.82, 2.24) is 26.0 Å². The zero-order valence-electron chi connectivity index (χ0n) is 16.9. The Balaban J connectivity index is 1.52. The van der Waals surface area contributed by atoms with Crippen molar-refractivity contribution in [2.75, 3.05) is 26.7 Å². The van der Waals surface area contributed by atoms with Gasteiger partial charge in [-0.25, -0.2) is 0 Å². The number of rotatable bonds is 5. The van der Waals surface area contributed by atoms with Crippen LogP contribution in [-0.4, -0.2) is 54.5 Å². The minimum Gasteiger partial charge on any atom is -0.361 e. The summed E-state index contributed by atoms with van der Waals surface area (Å²) in [7, 11) is 1.71. The maximum atomic E-state index is 12.5. The highest BCUT2D eigenvalue weighted by Gasteiger charge is 2.22. The van der Waals surface area contributed by atoms with Crippen LogP contribution in [0.25, 0.3) is 0 Å². The number of benzene rings is 1. The van der Waals surface area contributed by atoms with E-state index in [9.17, 15) is 9.59 Å². The number of aryl methyl sites for hydroxylation is 2. The standard InChI is InChI=1S/C20H26N6O3/c1-13-17(14(2)29-25-13)11-24-20(21-3)23-10-15-4-6-16(7-5-15)19(28)26-9-8-22-18(27)12-26/h4-7H,8-12H2,1-3H3,(H,22,27)(H2,21,23,24). The molecule has 0 unspecified atom stereocenters. The molecular weight excluding hydrogens is 372 g/mol. The van der Waals surface area contributed by atoms with E-state index >= 15 is 0 Å². The first kappa shape index (κ1) is 20.4. The number of hydrogen-bond acceptors (Lipinski definition) is 5. The number of amides is 2. The van der Waals surface area contributed by atoms with E-state index in [0.29, 0.717) is 37.7 Å². The van der Waals surface area contributed by atoms with Crippen LogP contribution in [0.15, 0.2) is 33.8 Å². The van der Waals surface area contributed by atoms with Gasteiger partial charge in [-0.15, -0.1) is 0 Å². The lowest BCUT2D eigenvalue weighted by atomic mass is 10.1. The maximum absolute atomic E-state index is 12.5. The van der Waals surface area contributed by atoms with Crippen LogP contribution in [0, 0.1) is 13.8 Å². The van der Waals surface area contributed by atoms with Gasteiger partial charge < -0.3 is 25.4 Å². The predicted molar refractivity (Wildman–Crippen MR) is 108 cm³/mol. The Kier molecular flexibility index (Phi) is 6.48. The topological polar surface area (TPSA) is 112 Å². The van der Waals surface area contributed by atoms with Crippen LogP contribution in [0.1, 0.15) is 32.9 Å². The molecular formula is C20H26N6O3. The molecule has 3 rings (SSSR count). The fourth-order valence-electron chi connectivity index (χ4n) is 3.09. The first-order chi connectivity index (χ1) is 14.0. The van der Waals surface area contributed by atoms with Gasteiger partial charge in [-0.1, -0.05) is 17.3 Å². The molecule has 2 heterocycles. The van der Waals surface area contributed by atoms with E-state index in [2.05, 4.69) is 26.1 Å². The Morgan fingerprint density at radius 2 is 1.97 bits per heavy atom. The van der Waals surface area contributed by atoms with E-state index in [1.807, 2.05) is 26.0 Å². The van der Waals surface area contributed by atoms with Gasteiger partial charge in [0, 0.05) is 44.4 Å². The molecule has 2 amide bonds. The highest BCUT2D eigenvalue weighted by Crippen LogP contribution is 2.11. The van der Waals surface area contributed by atoms with Crippen molar-refractivity contribution in [1.29, 1.82) is 0 Å². The van der Waals surface area contributed by atoms with Crippen LogP contribution in [0.5, 0.6) is 0 Å². The molecule has 9 nitrogen and oxygen atoms in total. The normalized spacial score (nSPS) is 14.5. The van der Waals surface area contributed by atoms with Gasteiger partial charge in [-0.2, -0.15) is 0 Å². The Morgan fingerprint density at radius 3 is 2.59 bits per heavy atom. The quantitative estimate of drug-likeness (QED) is 0.506. The highest BCUT2D eigenvalue weighted by molar-refractivity contribution is 5.97. The summed E-state index contributed by atoms with van der Waals surface area (Å²) in [6, 6.07) is 7.36. The minimum absolute atomic E-state index is 0.106. The molecule has 0 bridgehead atoms. The number of carbonyl (C=O) groups is 2. The largest absolute Gasteiger partial charge is 0.361 e. The van der Waals surface area contributed by atoms with Crippen molar-refractivity contribution in [3.8, 4) is 0 Å². The third-order valence-corrected chi connectivity index (χ3v) is 4.82. The van der Waals surface area contributed by atoms with Gasteiger partial charge in [-0.05, 0) is 31.5 Å². The van der Waals surface area contributed by atoms with Gasteiger partial charge in [0.05, 0.1) is 12.2 Å². The fraction of sp³-hybridized carbons (Fsp3) is 0.400. The van der Waals surface area contributed by atoms with Gasteiger partial charge in [0.25, 0.3) is 5.91 Å². The molecule has 1 aliphatic heterocycles. The van der Waals surface area contributed by atoms with Crippen molar-refractivity contribution in [3.63, 3.8) is 0 Å². The number of nitrogens with one attached hydrogen (secondary N) is 3. The molecule has 1 aromatic carbocycles. The van der Waals surface area contributed by atoms with Gasteiger partial charge in [0.15, 0.2) is 5.96 Å². The Bertz CT molecular complexity index is 884. The van der Waals surface area contributed by atoms with Crippen LogP contribution in [0.2, 0.25) is 0 Å². The van der Waals surface area contributed by atoms with E-state index in [0.717, 1.165) is 22.6 Å². The van der Waals surface area contributed by atoms with Crippen LogP contribution >= 0.6 is 0 Å². The SMILES string of the molecule is CN=C(NCc1ccc(C(=O)N2CCNC(=O)C2)cc1)NCc1c(C)noc1C. The second kappa shape index (κ2) is 9.22. The van der Waals surface area contributed by atoms with E-state index in [-0.39, 0.29) is 18.4 Å². The number of guanidine groups is 1. The lowest BCUT2D eigenvalue weighted by Crippen LogP contribution is -2.49. The maximum Gasteiger partial charge on any atom is 0.254 e. The lowest BCUT2D eigenvalue weighted by Gasteiger charge is -2.26. The number of hydrogen-bond donors (Lipinski definition) is 3. The van der Waals surface area contributed by atoms with E-state index in [4.69, 9.17) is 4.52 Å². The molecule has 0 saturated carbocycles. The fourth-order valence-corrected chi connectivity index (χ4v) is 3.09. The van der Waals surface area contributed by atoms with E-state index in [1.54, 1.807) is 24.1 Å². The monoisotopic (exact) mass is 398 g/mol. The van der Waals surface area contributed by atoms with E-state index < -0.39 is 0 Å². The minimum atomic E-state index is -0.128. The molecule has 0 aliphatic carbocycles. The average molecular weight is 398 g/mol. The van der Waals surface area contributed by atoms with Gasteiger partial charge >= 0.3 is 0 Å². The molecule has 1 fully saturated rings. The third-order valence-electron chi connectivity index (χ3n) is 4.82. The van der Waals surface area contributed by atoms with Crippen LogP contribution in [0.3, 0.4) is 0 Å². The summed E-state index contributed by atoms with van der Waals surface area (Å²) in [5.41, 5.74) is 3.46. The summed E-state index contributed by atoms with van der Waals surface area (Å²) in [6.45, 7) is 6.04. The summed E-state index contributed by atoms with van der Waals surface area (Å²) >= 11 is 0. The highest BCUT2D eigenvalue weighted by atomic mass is 16.5. The number of nitrogens with zero attached hydrogens (tertiary/aromatic N) is 3. The molecule has 2 aromatic rings. The summed E-state index contributed by atoms with van der Waals surface area (Å²) < 4.78 is 5.17. The van der Waals surface area contributed by atoms with Crippen LogP contribution in [-0.2, 0) is 17.9 Å².